The molecule has 14 rings (SSSR count). The van der Waals surface area contributed by atoms with Crippen molar-refractivity contribution in [3.63, 3.8) is 0 Å². The lowest BCUT2D eigenvalue weighted by molar-refractivity contribution is 0.410. The number of hydrogen-bond acceptors (Lipinski definition) is 8. The minimum absolute atomic E-state index is 0.794. The van der Waals surface area contributed by atoms with Gasteiger partial charge < -0.3 is 18.9 Å². The van der Waals surface area contributed by atoms with Gasteiger partial charge in [0, 0.05) is 60.6 Å². The second-order valence-electron chi connectivity index (χ2n) is 17.6. The van der Waals surface area contributed by atoms with Gasteiger partial charge in [-0.25, -0.2) is 0 Å². The van der Waals surface area contributed by atoms with Crippen molar-refractivity contribution >= 4 is 66.9 Å². The lowest BCUT2D eigenvalue weighted by Gasteiger charge is -2.20. The summed E-state index contributed by atoms with van der Waals surface area (Å²) in [5.41, 5.74) is 13.5. The molecule has 0 fully saturated rings. The Morgan fingerprint density at radius 2 is 0.389 bits per heavy atom. The van der Waals surface area contributed by atoms with E-state index < -0.39 is 0 Å². The predicted octanol–water partition coefficient (Wildman–Crippen LogP) is 19.3. The molecule has 0 saturated carbocycles. The number of rotatable bonds is 4. The molecule has 12 aromatic rings. The van der Waals surface area contributed by atoms with Gasteiger partial charge in [-0.2, -0.15) is 0 Å². The quantitative estimate of drug-likeness (QED) is 0.176. The van der Waals surface area contributed by atoms with Gasteiger partial charge in [0.25, 0.3) is 0 Å². The second kappa shape index (κ2) is 18.2. The van der Waals surface area contributed by atoms with Crippen LogP contribution in [-0.2, 0) is 0 Å². The third-order valence-corrected chi connectivity index (χ3v) is 18.8. The van der Waals surface area contributed by atoms with E-state index >= 15 is 0 Å². The van der Waals surface area contributed by atoms with Crippen LogP contribution >= 0.6 is 45.3 Å². The van der Waals surface area contributed by atoms with Gasteiger partial charge in [-0.15, -0.1) is 45.3 Å². The summed E-state index contributed by atoms with van der Waals surface area (Å²) in [5, 5.41) is 4.05. The molecule has 0 atom stereocenters. The van der Waals surface area contributed by atoms with Gasteiger partial charge in [0.1, 0.15) is 23.0 Å². The van der Waals surface area contributed by atoms with Crippen LogP contribution in [0.25, 0.3) is 127 Å². The average molecular weight is 1010 g/mol. The van der Waals surface area contributed by atoms with E-state index in [2.05, 4.69) is 170 Å². The van der Waals surface area contributed by atoms with Crippen LogP contribution in [0.2, 0.25) is 0 Å². The third-order valence-electron chi connectivity index (χ3n) is 13.9. The molecule has 8 heteroatoms. The molecule has 8 aromatic carbocycles. The summed E-state index contributed by atoms with van der Waals surface area (Å²) in [6.45, 7) is 0. The Kier molecular flexibility index (Phi) is 11.2. The topological polar surface area (TPSA) is 36.9 Å². The summed E-state index contributed by atoms with van der Waals surface area (Å²) in [6, 6.07) is 70.3. The molecule has 72 heavy (non-hydrogen) atoms. The van der Waals surface area contributed by atoms with Crippen molar-refractivity contribution in [3.8, 4) is 129 Å². The Morgan fingerprint density at radius 3 is 0.597 bits per heavy atom. The van der Waals surface area contributed by atoms with Crippen molar-refractivity contribution in [1.29, 1.82) is 0 Å². The van der Waals surface area contributed by atoms with Crippen LogP contribution in [0.4, 0.5) is 0 Å². The number of thiophene rings is 4. The largest absolute Gasteiger partial charge is 0.496 e. The van der Waals surface area contributed by atoms with Gasteiger partial charge in [-0.3, -0.25) is 0 Å². The summed E-state index contributed by atoms with van der Waals surface area (Å²) in [7, 11) is 7.04. The number of benzene rings is 8. The molecule has 2 aliphatic rings. The van der Waals surface area contributed by atoms with Crippen LogP contribution in [0.3, 0.4) is 0 Å². The molecule has 0 spiro atoms. The highest BCUT2D eigenvalue weighted by Gasteiger charge is 2.25. The second-order valence-corrected chi connectivity index (χ2v) is 21.9. The van der Waals surface area contributed by atoms with Crippen molar-refractivity contribution in [2.24, 2.45) is 0 Å². The van der Waals surface area contributed by atoms with Gasteiger partial charge in [0.15, 0.2) is 0 Å². The summed E-state index contributed by atoms with van der Waals surface area (Å²) in [4.78, 5) is 9.62. The fraction of sp³-hybridized carbons (Fsp3) is 0.0625. The maximum Gasteiger partial charge on any atom is 0.127 e. The Balaban J connectivity index is 1.07. The first kappa shape index (κ1) is 44.2. The van der Waals surface area contributed by atoms with E-state index in [0.29, 0.717) is 0 Å². The molecule has 6 heterocycles. The molecule has 0 unspecified atom stereocenters. The van der Waals surface area contributed by atoms with E-state index in [-0.39, 0.29) is 0 Å². The van der Waals surface area contributed by atoms with Crippen LogP contribution in [0.15, 0.2) is 194 Å². The lowest BCUT2D eigenvalue weighted by Crippen LogP contribution is -1.95. The fourth-order valence-electron chi connectivity index (χ4n) is 10.6. The van der Waals surface area contributed by atoms with Crippen LogP contribution in [-0.4, -0.2) is 28.4 Å². The molecule has 12 bridgehead atoms. The molecule has 0 radical (unpaired) electrons. The highest BCUT2D eigenvalue weighted by molar-refractivity contribution is 7.26. The number of hydrogen-bond donors (Lipinski definition) is 0. The van der Waals surface area contributed by atoms with Crippen molar-refractivity contribution < 1.29 is 18.9 Å². The highest BCUT2D eigenvalue weighted by Crippen LogP contribution is 2.53. The molecule has 4 aromatic heterocycles. The van der Waals surface area contributed by atoms with Crippen LogP contribution < -0.4 is 18.9 Å². The Bertz CT molecular complexity index is 3550. The summed E-state index contributed by atoms with van der Waals surface area (Å²) < 4.78 is 25.0. The Morgan fingerprint density at radius 1 is 0.194 bits per heavy atom. The van der Waals surface area contributed by atoms with Crippen molar-refractivity contribution in [3.05, 3.63) is 194 Å². The van der Waals surface area contributed by atoms with Crippen molar-refractivity contribution in [2.75, 3.05) is 28.4 Å². The van der Waals surface area contributed by atoms with Crippen molar-refractivity contribution in [2.45, 2.75) is 0 Å². The first-order chi connectivity index (χ1) is 35.5. The zero-order valence-electron chi connectivity index (χ0n) is 39.7. The van der Waals surface area contributed by atoms with Crippen LogP contribution in [0, 0.1) is 0 Å². The average Bonchev–Trinajstić information content (AvgIpc) is 4.30. The van der Waals surface area contributed by atoms with Gasteiger partial charge in [0.05, 0.1) is 28.4 Å². The SMILES string of the molecule is COc1ccc(OC)c2c3ccc(c12)-c1ccccc1-c1ccc(s1)-c1ccc(s1)-c1ccccc1-c1ccc(c2c(OC)ccc(OC)c12)-c1ccccc1-c1ccc(s1)-c1ccc(s1)-c1ccccc1-3. The standard InChI is InChI=1S/C64H44O4S4/c1-65-49-25-26-50(66-2)62-46-22-21-45(61(49)62)37-13-5-9-17-41(37)53-29-33-57(69-53)58-35-31-55(71-58)43-19-11-7-15-39(43)47-23-24-48(64-52(68-4)28-27-51(67-3)63(47)64)40-16-8-12-20-44(40)56-32-36-60(72-56)59-34-30-54(70-59)42-18-10-6-14-38(42)46/h5-36H,1-4H3. The predicted molar refractivity (Wildman–Crippen MR) is 307 cm³/mol. The van der Waals surface area contributed by atoms with E-state index in [0.717, 1.165) is 111 Å². The Labute approximate surface area is 434 Å². The van der Waals surface area contributed by atoms with Crippen molar-refractivity contribution in [1.82, 2.24) is 0 Å². The maximum absolute atomic E-state index is 6.25. The maximum atomic E-state index is 6.25. The molecule has 0 amide bonds. The number of fused-ring (bicyclic) bond motifs is 2. The number of ether oxygens (including phenoxy) is 4. The fourth-order valence-corrected chi connectivity index (χ4v) is 15.0. The van der Waals surface area contributed by atoms with E-state index in [1.54, 1.807) is 28.4 Å². The monoisotopic (exact) mass is 1000 g/mol. The third kappa shape index (κ3) is 7.20. The lowest BCUT2D eigenvalue weighted by atomic mass is 9.87. The van der Waals surface area contributed by atoms with E-state index in [9.17, 15) is 0 Å². The van der Waals surface area contributed by atoms with Gasteiger partial charge >= 0.3 is 0 Å². The smallest absolute Gasteiger partial charge is 0.127 e. The first-order valence-electron chi connectivity index (χ1n) is 23.7. The number of methoxy groups -OCH3 is 4. The zero-order chi connectivity index (χ0) is 48.5. The minimum atomic E-state index is 0.794. The molecular weight excluding hydrogens is 961 g/mol. The molecule has 0 saturated heterocycles. The van der Waals surface area contributed by atoms with E-state index in [4.69, 9.17) is 18.9 Å². The van der Waals surface area contributed by atoms with Gasteiger partial charge in [0.2, 0.25) is 0 Å². The molecule has 4 nitrogen and oxygen atoms in total. The molecular formula is C64H44O4S4. The zero-order valence-corrected chi connectivity index (χ0v) is 43.0. The Hall–Kier alpha value is -7.72. The van der Waals surface area contributed by atoms with E-state index in [1.807, 2.05) is 69.6 Å². The molecule has 348 valence electrons. The normalized spacial score (nSPS) is 11.6. The van der Waals surface area contributed by atoms with Gasteiger partial charge in [-0.05, 0) is 140 Å². The summed E-state index contributed by atoms with van der Waals surface area (Å²) in [5.74, 6) is 3.18. The minimum Gasteiger partial charge on any atom is -0.496 e. The molecule has 0 N–H and O–H groups in total. The van der Waals surface area contributed by atoms with Crippen LogP contribution in [0.5, 0.6) is 23.0 Å². The summed E-state index contributed by atoms with van der Waals surface area (Å²) >= 11 is 7.28. The highest BCUT2D eigenvalue weighted by atomic mass is 32.1. The first-order valence-corrected chi connectivity index (χ1v) is 26.9. The molecule has 2 aliphatic heterocycles. The summed E-state index contributed by atoms with van der Waals surface area (Å²) in [6.07, 6.45) is 0. The van der Waals surface area contributed by atoms with Gasteiger partial charge in [-0.1, -0.05) is 121 Å². The van der Waals surface area contributed by atoms with Crippen LogP contribution in [0.1, 0.15) is 0 Å². The van der Waals surface area contributed by atoms with E-state index in [1.165, 1.54) is 39.0 Å². The molecule has 0 aliphatic carbocycles.